The number of aliphatic hydroxyl groups excluding tert-OH is 1. The van der Waals surface area contributed by atoms with Gasteiger partial charge < -0.3 is 20.1 Å². The van der Waals surface area contributed by atoms with E-state index < -0.39 is 12.1 Å². The number of carboxylic acid groups (broad SMARTS) is 1. The Morgan fingerprint density at radius 2 is 2.25 bits per heavy atom. The first-order valence-electron chi connectivity index (χ1n) is 5.03. The van der Waals surface area contributed by atoms with Crippen molar-refractivity contribution in [3.63, 3.8) is 0 Å². The Bertz CT molecular complexity index is 342. The van der Waals surface area contributed by atoms with E-state index in [1.54, 1.807) is 0 Å². The molecule has 1 rings (SSSR count). The number of rotatable bonds is 6. The van der Waals surface area contributed by atoms with Crippen LogP contribution in [0.15, 0.2) is 4.52 Å². The van der Waals surface area contributed by atoms with Crippen molar-refractivity contribution in [3.05, 3.63) is 17.0 Å². The van der Waals surface area contributed by atoms with E-state index in [2.05, 4.69) is 10.5 Å². The summed E-state index contributed by atoms with van der Waals surface area (Å²) in [5, 5.41) is 24.5. The maximum Gasteiger partial charge on any atom is 0.306 e. The molecule has 0 aromatic carbocycles. The summed E-state index contributed by atoms with van der Waals surface area (Å²) in [4.78, 5) is 10.3. The predicted molar refractivity (Wildman–Crippen MR) is 55.9 cm³/mol. The molecule has 0 amide bonds. The van der Waals surface area contributed by atoms with E-state index in [-0.39, 0.29) is 13.0 Å². The second kappa shape index (κ2) is 5.62. The summed E-state index contributed by atoms with van der Waals surface area (Å²) in [6.45, 7) is 4.39. The molecule has 1 heterocycles. The fraction of sp³-hybridized carbons (Fsp3) is 0.600. The van der Waals surface area contributed by atoms with Gasteiger partial charge in [0.25, 0.3) is 0 Å². The van der Waals surface area contributed by atoms with Gasteiger partial charge in [-0.05, 0) is 13.8 Å². The van der Waals surface area contributed by atoms with Crippen LogP contribution in [0, 0.1) is 13.8 Å². The SMILES string of the molecule is Cc1noc(C)c1CNCC(O)CC(=O)O. The van der Waals surface area contributed by atoms with Crippen LogP contribution in [0.2, 0.25) is 0 Å². The number of carboxylic acids is 1. The van der Waals surface area contributed by atoms with Crippen molar-refractivity contribution in [1.29, 1.82) is 0 Å². The van der Waals surface area contributed by atoms with Crippen molar-refractivity contribution in [3.8, 4) is 0 Å². The zero-order valence-corrected chi connectivity index (χ0v) is 9.36. The standard InChI is InChI=1S/C10H16N2O4/c1-6-9(7(2)16-12-6)5-11-4-8(13)3-10(14)15/h8,11,13H,3-5H2,1-2H3,(H,14,15). The monoisotopic (exact) mass is 228 g/mol. The van der Waals surface area contributed by atoms with Gasteiger partial charge >= 0.3 is 5.97 Å². The molecule has 0 fully saturated rings. The van der Waals surface area contributed by atoms with Crippen LogP contribution >= 0.6 is 0 Å². The second-order valence-corrected chi connectivity index (χ2v) is 3.69. The molecule has 0 saturated carbocycles. The van der Waals surface area contributed by atoms with Gasteiger partial charge in [0, 0.05) is 18.7 Å². The second-order valence-electron chi connectivity index (χ2n) is 3.69. The molecular formula is C10H16N2O4. The molecule has 0 bridgehead atoms. The molecular weight excluding hydrogens is 212 g/mol. The summed E-state index contributed by atoms with van der Waals surface area (Å²) in [7, 11) is 0. The van der Waals surface area contributed by atoms with Crippen molar-refractivity contribution in [2.45, 2.75) is 32.9 Å². The number of aliphatic carboxylic acids is 1. The highest BCUT2D eigenvalue weighted by Gasteiger charge is 2.11. The van der Waals surface area contributed by atoms with Crippen LogP contribution in [-0.4, -0.2) is 34.0 Å². The molecule has 6 nitrogen and oxygen atoms in total. The summed E-state index contributed by atoms with van der Waals surface area (Å²) in [6, 6.07) is 0. The van der Waals surface area contributed by atoms with Crippen LogP contribution in [0.25, 0.3) is 0 Å². The summed E-state index contributed by atoms with van der Waals surface area (Å²) >= 11 is 0. The highest BCUT2D eigenvalue weighted by molar-refractivity contribution is 5.67. The van der Waals surface area contributed by atoms with Gasteiger partial charge in [-0.1, -0.05) is 5.16 Å². The Morgan fingerprint density at radius 3 is 2.75 bits per heavy atom. The quantitative estimate of drug-likeness (QED) is 0.644. The molecule has 0 aliphatic heterocycles. The minimum Gasteiger partial charge on any atom is -0.481 e. The molecule has 16 heavy (non-hydrogen) atoms. The van der Waals surface area contributed by atoms with Crippen molar-refractivity contribution in [2.75, 3.05) is 6.54 Å². The van der Waals surface area contributed by atoms with Gasteiger partial charge in [-0.2, -0.15) is 0 Å². The lowest BCUT2D eigenvalue weighted by Gasteiger charge is -2.09. The number of hydrogen-bond donors (Lipinski definition) is 3. The molecule has 0 aliphatic carbocycles. The summed E-state index contributed by atoms with van der Waals surface area (Å²) in [5.74, 6) is -0.274. The first-order valence-corrected chi connectivity index (χ1v) is 5.03. The van der Waals surface area contributed by atoms with E-state index in [9.17, 15) is 9.90 Å². The zero-order chi connectivity index (χ0) is 12.1. The van der Waals surface area contributed by atoms with Crippen molar-refractivity contribution >= 4 is 5.97 Å². The maximum absolute atomic E-state index is 10.3. The largest absolute Gasteiger partial charge is 0.481 e. The number of carbonyl (C=O) groups is 1. The van der Waals surface area contributed by atoms with E-state index in [0.717, 1.165) is 17.0 Å². The molecule has 1 aromatic rings. The number of nitrogens with one attached hydrogen (secondary N) is 1. The van der Waals surface area contributed by atoms with Gasteiger partial charge in [0.2, 0.25) is 0 Å². The average molecular weight is 228 g/mol. The molecule has 3 N–H and O–H groups in total. The van der Waals surface area contributed by atoms with E-state index in [0.29, 0.717) is 6.54 Å². The predicted octanol–water partition coefficient (Wildman–Crippen LogP) is 0.217. The number of aryl methyl sites for hydroxylation is 2. The lowest BCUT2D eigenvalue weighted by atomic mass is 10.2. The number of aliphatic hydroxyl groups is 1. The van der Waals surface area contributed by atoms with Crippen molar-refractivity contribution in [2.24, 2.45) is 0 Å². The number of nitrogens with zero attached hydrogens (tertiary/aromatic N) is 1. The Labute approximate surface area is 93.3 Å². The molecule has 6 heteroatoms. The maximum atomic E-state index is 10.3. The van der Waals surface area contributed by atoms with Gasteiger partial charge in [0.1, 0.15) is 5.76 Å². The Kier molecular flexibility index (Phi) is 4.45. The Hall–Kier alpha value is -1.40. The summed E-state index contributed by atoms with van der Waals surface area (Å²) in [5.41, 5.74) is 1.75. The Morgan fingerprint density at radius 1 is 1.56 bits per heavy atom. The smallest absolute Gasteiger partial charge is 0.306 e. The molecule has 1 atom stereocenters. The van der Waals surface area contributed by atoms with Crippen LogP contribution in [0.1, 0.15) is 23.4 Å². The van der Waals surface area contributed by atoms with Crippen LogP contribution in [0.4, 0.5) is 0 Å². The topological polar surface area (TPSA) is 95.6 Å². The van der Waals surface area contributed by atoms with Gasteiger partial charge in [-0.15, -0.1) is 0 Å². The third-order valence-corrected chi connectivity index (χ3v) is 2.27. The lowest BCUT2D eigenvalue weighted by molar-refractivity contribution is -0.139. The van der Waals surface area contributed by atoms with E-state index in [4.69, 9.17) is 9.63 Å². The zero-order valence-electron chi connectivity index (χ0n) is 9.36. The molecule has 1 aromatic heterocycles. The van der Waals surface area contributed by atoms with E-state index >= 15 is 0 Å². The third kappa shape index (κ3) is 3.63. The fourth-order valence-electron chi connectivity index (χ4n) is 1.39. The van der Waals surface area contributed by atoms with Crippen molar-refractivity contribution in [1.82, 2.24) is 10.5 Å². The highest BCUT2D eigenvalue weighted by Crippen LogP contribution is 2.11. The minimum atomic E-state index is -1.01. The average Bonchev–Trinajstić information content (AvgIpc) is 2.47. The van der Waals surface area contributed by atoms with E-state index in [1.165, 1.54) is 0 Å². The van der Waals surface area contributed by atoms with E-state index in [1.807, 2.05) is 13.8 Å². The van der Waals surface area contributed by atoms with Crippen LogP contribution in [0.5, 0.6) is 0 Å². The fourth-order valence-corrected chi connectivity index (χ4v) is 1.39. The molecule has 0 aliphatic rings. The van der Waals surface area contributed by atoms with Crippen molar-refractivity contribution < 1.29 is 19.5 Å². The number of hydrogen-bond acceptors (Lipinski definition) is 5. The molecule has 0 radical (unpaired) electrons. The van der Waals surface area contributed by atoms with Gasteiger partial charge in [-0.25, -0.2) is 0 Å². The number of aromatic nitrogens is 1. The Balaban J connectivity index is 2.33. The molecule has 90 valence electrons. The summed E-state index contributed by atoms with van der Waals surface area (Å²) < 4.78 is 4.97. The third-order valence-electron chi connectivity index (χ3n) is 2.27. The molecule has 0 spiro atoms. The van der Waals surface area contributed by atoms with Crippen LogP contribution in [0.3, 0.4) is 0 Å². The minimum absolute atomic E-state index is 0.233. The lowest BCUT2D eigenvalue weighted by Crippen LogP contribution is -2.28. The summed E-state index contributed by atoms with van der Waals surface area (Å²) in [6.07, 6.45) is -1.13. The normalized spacial score (nSPS) is 12.7. The van der Waals surface area contributed by atoms with Crippen LogP contribution < -0.4 is 5.32 Å². The first-order chi connectivity index (χ1) is 7.50. The van der Waals surface area contributed by atoms with Crippen LogP contribution in [-0.2, 0) is 11.3 Å². The van der Waals surface area contributed by atoms with Gasteiger partial charge in [0.15, 0.2) is 0 Å². The first kappa shape index (κ1) is 12.7. The molecule has 1 unspecified atom stereocenters. The van der Waals surface area contributed by atoms with Gasteiger partial charge in [-0.3, -0.25) is 4.79 Å². The molecule has 0 saturated heterocycles. The highest BCUT2D eigenvalue weighted by atomic mass is 16.5. The van der Waals surface area contributed by atoms with Gasteiger partial charge in [0.05, 0.1) is 18.2 Å².